The van der Waals surface area contributed by atoms with Crippen LogP contribution in [0.3, 0.4) is 0 Å². The molecule has 2 aliphatic rings. The minimum atomic E-state index is -0.686. The van der Waals surface area contributed by atoms with Gasteiger partial charge >= 0.3 is 11.9 Å². The molecule has 4 rings (SSSR count). The van der Waals surface area contributed by atoms with E-state index in [1.54, 1.807) is 48.9 Å². The fourth-order valence-corrected chi connectivity index (χ4v) is 5.68. The Hall–Kier alpha value is -3.30. The van der Waals surface area contributed by atoms with Crippen molar-refractivity contribution in [2.75, 3.05) is 40.3 Å². The van der Waals surface area contributed by atoms with Gasteiger partial charge in [-0.05, 0) is 76.2 Å². The summed E-state index contributed by atoms with van der Waals surface area (Å²) < 4.78 is 23.4. The molecule has 2 heterocycles. The second-order valence-corrected chi connectivity index (χ2v) is 11.1. The molecule has 2 unspecified atom stereocenters. The molecular weight excluding hydrogens is 579 g/mol. The van der Waals surface area contributed by atoms with Crippen molar-refractivity contribution in [1.82, 2.24) is 9.80 Å². The number of ether oxygens (including phenoxy) is 4. The first kappa shape index (κ1) is 31.6. The Balaban J connectivity index is 1.53. The van der Waals surface area contributed by atoms with E-state index in [9.17, 15) is 9.59 Å². The second kappa shape index (κ2) is 14.7. The van der Waals surface area contributed by atoms with Crippen LogP contribution < -0.4 is 9.47 Å². The molecule has 2 aliphatic heterocycles. The number of carbonyl (C=O) groups excluding carboxylic acids is 2. The molecule has 0 spiro atoms. The number of carbonyl (C=O) groups is 2. The van der Waals surface area contributed by atoms with Gasteiger partial charge in [0.15, 0.2) is 0 Å². The topological polar surface area (TPSA) is 77.5 Å². The van der Waals surface area contributed by atoms with Crippen LogP contribution in [-0.2, 0) is 31.9 Å². The molecule has 0 aliphatic carbocycles. The molecule has 42 heavy (non-hydrogen) atoms. The third kappa shape index (κ3) is 7.75. The van der Waals surface area contributed by atoms with Gasteiger partial charge in [-0.3, -0.25) is 0 Å². The van der Waals surface area contributed by atoms with Crippen molar-refractivity contribution < 1.29 is 28.5 Å². The first-order valence-corrected chi connectivity index (χ1v) is 14.6. The summed E-state index contributed by atoms with van der Waals surface area (Å²) in [7, 11) is 3.89. The third-order valence-electron chi connectivity index (χ3n) is 7.14. The van der Waals surface area contributed by atoms with Crippen LogP contribution in [-0.4, -0.2) is 62.0 Å². The highest BCUT2D eigenvalue weighted by Crippen LogP contribution is 2.39. The Morgan fingerprint density at radius 2 is 1.14 bits per heavy atom. The minimum absolute atomic E-state index is 0.435. The number of hydrogen-bond acceptors (Lipinski definition) is 8. The Labute approximate surface area is 257 Å². The van der Waals surface area contributed by atoms with Gasteiger partial charge in [0, 0.05) is 59.5 Å². The second-order valence-electron chi connectivity index (χ2n) is 10.3. The first-order valence-electron chi connectivity index (χ1n) is 13.9. The van der Waals surface area contributed by atoms with Gasteiger partial charge in [-0.15, -0.1) is 0 Å². The summed E-state index contributed by atoms with van der Waals surface area (Å²) in [6, 6.07) is 7.10. The number of rotatable bonds is 8. The lowest BCUT2D eigenvalue weighted by atomic mass is 9.99. The number of esters is 2. The standard InChI is InChI=1S/C32H36Cl2N2O6/c1-5-17-39-25-9-7-23(33)21-13-15-35(3)19-27(31(21)25)41-29(37)11-12-30(38)42-28-20-36(4)16-14-22-24(34)8-10-26(32(22)28)40-18-6-2/h5-12,17-18,27-28H,13-16,19-20H2,1-4H3/b12-11-,17-5?,18-6?. The minimum Gasteiger partial charge on any atom is -0.465 e. The van der Waals surface area contributed by atoms with Crippen molar-refractivity contribution in [2.24, 2.45) is 0 Å². The van der Waals surface area contributed by atoms with Crippen molar-refractivity contribution in [2.45, 2.75) is 38.9 Å². The number of nitrogens with zero attached hydrogens (tertiary/aromatic N) is 2. The summed E-state index contributed by atoms with van der Waals surface area (Å²) in [5.41, 5.74) is 3.18. The molecule has 8 nitrogen and oxygen atoms in total. The molecule has 0 amide bonds. The van der Waals surface area contributed by atoms with E-state index in [0.717, 1.165) is 47.5 Å². The normalized spacial score (nSPS) is 19.8. The molecule has 0 bridgehead atoms. The zero-order chi connectivity index (χ0) is 30.2. The van der Waals surface area contributed by atoms with Crippen molar-refractivity contribution in [3.8, 4) is 11.5 Å². The number of likely N-dealkylation sites (N-methyl/N-ethyl adjacent to an activating group) is 2. The van der Waals surface area contributed by atoms with E-state index in [1.165, 1.54) is 0 Å². The molecule has 0 fully saturated rings. The van der Waals surface area contributed by atoms with Crippen molar-refractivity contribution in [3.05, 3.63) is 93.4 Å². The zero-order valence-corrected chi connectivity index (χ0v) is 25.8. The van der Waals surface area contributed by atoms with Gasteiger partial charge in [0.2, 0.25) is 0 Å². The Bertz CT molecular complexity index is 1290. The van der Waals surface area contributed by atoms with Crippen LogP contribution in [0.1, 0.15) is 48.3 Å². The Morgan fingerprint density at radius 3 is 1.52 bits per heavy atom. The average Bonchev–Trinajstić information content (AvgIpc) is 3.23. The van der Waals surface area contributed by atoms with Gasteiger partial charge in [0.05, 0.1) is 12.5 Å². The van der Waals surface area contributed by atoms with E-state index in [1.807, 2.05) is 27.9 Å². The van der Waals surface area contributed by atoms with Crippen LogP contribution in [0.4, 0.5) is 0 Å². The number of halogens is 2. The van der Waals surface area contributed by atoms with Crippen LogP contribution in [0.5, 0.6) is 11.5 Å². The summed E-state index contributed by atoms with van der Waals surface area (Å²) in [5.74, 6) is -0.244. The molecule has 2 atom stereocenters. The number of hydrogen-bond donors (Lipinski definition) is 0. The number of allylic oxidation sites excluding steroid dienone is 2. The Morgan fingerprint density at radius 1 is 0.738 bits per heavy atom. The van der Waals surface area contributed by atoms with Crippen LogP contribution >= 0.6 is 23.2 Å². The Kier molecular flexibility index (Phi) is 11.1. The van der Waals surface area contributed by atoms with E-state index in [2.05, 4.69) is 9.80 Å². The van der Waals surface area contributed by atoms with Crippen molar-refractivity contribution in [1.29, 1.82) is 0 Å². The highest BCUT2D eigenvalue weighted by molar-refractivity contribution is 6.31. The summed E-state index contributed by atoms with van der Waals surface area (Å²) in [6.07, 6.45) is 8.88. The summed E-state index contributed by atoms with van der Waals surface area (Å²) in [5, 5.41) is 1.17. The fourth-order valence-electron chi connectivity index (χ4n) is 5.16. The third-order valence-corrected chi connectivity index (χ3v) is 7.85. The lowest BCUT2D eigenvalue weighted by molar-refractivity contribution is -0.147. The molecule has 2 aromatic rings. The van der Waals surface area contributed by atoms with E-state index < -0.39 is 24.1 Å². The largest absolute Gasteiger partial charge is 0.465 e. The average molecular weight is 616 g/mol. The van der Waals surface area contributed by atoms with Crippen molar-refractivity contribution in [3.63, 3.8) is 0 Å². The smallest absolute Gasteiger partial charge is 0.331 e. The molecule has 10 heteroatoms. The summed E-state index contributed by atoms with van der Waals surface area (Å²) in [4.78, 5) is 30.1. The first-order chi connectivity index (χ1) is 20.2. The zero-order valence-electron chi connectivity index (χ0n) is 24.3. The quantitative estimate of drug-likeness (QED) is 0.197. The molecule has 0 N–H and O–H groups in total. The molecule has 0 radical (unpaired) electrons. The summed E-state index contributed by atoms with van der Waals surface area (Å²) in [6.45, 7) is 6.03. The maximum atomic E-state index is 13.0. The highest BCUT2D eigenvalue weighted by Gasteiger charge is 2.31. The monoisotopic (exact) mass is 614 g/mol. The molecule has 2 aromatic carbocycles. The van der Waals surface area contributed by atoms with Gasteiger partial charge in [-0.2, -0.15) is 0 Å². The van der Waals surface area contributed by atoms with Crippen molar-refractivity contribution >= 4 is 35.1 Å². The van der Waals surface area contributed by atoms with Crippen LogP contribution in [0.2, 0.25) is 10.0 Å². The fraction of sp³-hybridized carbons (Fsp3) is 0.375. The van der Waals surface area contributed by atoms with Gasteiger partial charge in [0.25, 0.3) is 0 Å². The summed E-state index contributed by atoms with van der Waals surface area (Å²) >= 11 is 13.1. The molecule has 0 aromatic heterocycles. The van der Waals surface area contributed by atoms with E-state index >= 15 is 0 Å². The van der Waals surface area contributed by atoms with Gasteiger partial charge in [0.1, 0.15) is 23.7 Å². The van der Waals surface area contributed by atoms with Crippen LogP contribution in [0, 0.1) is 0 Å². The van der Waals surface area contributed by atoms with Gasteiger partial charge in [-0.1, -0.05) is 35.4 Å². The SMILES string of the molecule is CC=COc1ccc(Cl)c2c1C(OC(=O)/C=C\C(=O)OC1CN(C)CCc3c(Cl)ccc(OC=CC)c31)CN(C)CC2. The highest BCUT2D eigenvalue weighted by atomic mass is 35.5. The van der Waals surface area contributed by atoms with Gasteiger partial charge < -0.3 is 28.7 Å². The van der Waals surface area contributed by atoms with Crippen LogP contribution in [0.25, 0.3) is 0 Å². The lowest BCUT2D eigenvalue weighted by Crippen LogP contribution is -2.26. The predicted octanol–water partition coefficient (Wildman–Crippen LogP) is 6.22. The molecule has 0 saturated heterocycles. The number of benzene rings is 2. The van der Waals surface area contributed by atoms with Gasteiger partial charge in [-0.25, -0.2) is 9.59 Å². The molecular formula is C32H36Cl2N2O6. The van der Waals surface area contributed by atoms with Crippen LogP contribution in [0.15, 0.2) is 61.1 Å². The maximum absolute atomic E-state index is 13.0. The van der Waals surface area contributed by atoms with E-state index in [-0.39, 0.29) is 0 Å². The molecule has 0 saturated carbocycles. The van der Waals surface area contributed by atoms with E-state index in [0.29, 0.717) is 47.5 Å². The predicted molar refractivity (Wildman–Crippen MR) is 163 cm³/mol. The van der Waals surface area contributed by atoms with E-state index in [4.69, 9.17) is 42.1 Å². The number of fused-ring (bicyclic) bond motifs is 2. The lowest BCUT2D eigenvalue weighted by Gasteiger charge is -2.23. The maximum Gasteiger partial charge on any atom is 0.331 e. The molecule has 224 valence electrons.